The lowest BCUT2D eigenvalue weighted by atomic mass is 10.0. The van der Waals surface area contributed by atoms with E-state index in [0.29, 0.717) is 12.0 Å². The van der Waals surface area contributed by atoms with Crippen LogP contribution >= 0.6 is 0 Å². The maximum atomic E-state index is 13.1. The summed E-state index contributed by atoms with van der Waals surface area (Å²) in [5.41, 5.74) is 0.840. The highest BCUT2D eigenvalue weighted by Crippen LogP contribution is 2.32. The third-order valence-electron chi connectivity index (χ3n) is 5.71. The highest BCUT2D eigenvalue weighted by atomic mass is 16.2. The van der Waals surface area contributed by atoms with E-state index in [1.54, 1.807) is 0 Å². The molecule has 1 aromatic heterocycles. The molecule has 2 heterocycles. The molecular weight excluding hydrogens is 310 g/mol. The van der Waals surface area contributed by atoms with Gasteiger partial charge >= 0.3 is 0 Å². The topological polar surface area (TPSA) is 28.5 Å². The maximum Gasteiger partial charge on any atom is 0.255 e. The first-order chi connectivity index (χ1) is 11.8. The van der Waals surface area contributed by atoms with Crippen molar-refractivity contribution < 1.29 is 4.79 Å². The summed E-state index contributed by atoms with van der Waals surface area (Å²) < 4.78 is 2.14. The van der Waals surface area contributed by atoms with Gasteiger partial charge in [0, 0.05) is 50.2 Å². The first-order valence-electron chi connectivity index (χ1n) is 9.97. The Morgan fingerprint density at radius 3 is 2.52 bits per heavy atom. The Bertz CT molecular complexity index is 595. The Hall–Kier alpha value is -1.29. The van der Waals surface area contributed by atoms with Gasteiger partial charge in [-0.15, -0.1) is 0 Å². The van der Waals surface area contributed by atoms with Gasteiger partial charge in [-0.25, -0.2) is 0 Å². The van der Waals surface area contributed by atoms with Crippen molar-refractivity contribution in [1.82, 2.24) is 14.4 Å². The van der Waals surface area contributed by atoms with Crippen molar-refractivity contribution in [2.45, 2.75) is 65.5 Å². The van der Waals surface area contributed by atoms with E-state index < -0.39 is 0 Å². The predicted octanol–water partition coefficient (Wildman–Crippen LogP) is 3.83. The third kappa shape index (κ3) is 4.46. The molecule has 1 aromatic rings. The molecule has 1 amide bonds. The highest BCUT2D eigenvalue weighted by molar-refractivity contribution is 5.94. The van der Waals surface area contributed by atoms with Gasteiger partial charge in [-0.1, -0.05) is 13.8 Å². The average Bonchev–Trinajstić information content (AvgIpc) is 3.24. The molecule has 0 bridgehead atoms. The minimum absolute atomic E-state index is 0.0127. The van der Waals surface area contributed by atoms with Gasteiger partial charge in [0.25, 0.3) is 5.91 Å². The van der Waals surface area contributed by atoms with Gasteiger partial charge < -0.3 is 9.47 Å². The summed E-state index contributed by atoms with van der Waals surface area (Å²) in [5, 5.41) is 0. The van der Waals surface area contributed by atoms with E-state index in [1.807, 2.05) is 18.5 Å². The summed E-state index contributed by atoms with van der Waals surface area (Å²) in [5.74, 6) is 1.68. The molecule has 2 aliphatic rings. The average molecular weight is 346 g/mol. The third-order valence-corrected chi connectivity index (χ3v) is 5.71. The van der Waals surface area contributed by atoms with Gasteiger partial charge in [0.1, 0.15) is 0 Å². The molecular formula is C21H35N3O. The van der Waals surface area contributed by atoms with Crippen LogP contribution in [-0.2, 0) is 5.54 Å². The summed E-state index contributed by atoms with van der Waals surface area (Å²) in [6.45, 7) is 15.2. The van der Waals surface area contributed by atoms with Crippen LogP contribution in [-0.4, -0.2) is 52.5 Å². The Balaban J connectivity index is 1.72. The molecule has 0 aromatic carbocycles. The van der Waals surface area contributed by atoms with Crippen LogP contribution in [0.2, 0.25) is 0 Å². The van der Waals surface area contributed by atoms with Crippen LogP contribution in [0.5, 0.6) is 0 Å². The predicted molar refractivity (Wildman–Crippen MR) is 103 cm³/mol. The van der Waals surface area contributed by atoms with E-state index in [2.05, 4.69) is 49.0 Å². The van der Waals surface area contributed by atoms with Gasteiger partial charge in [0.05, 0.1) is 5.56 Å². The second-order valence-corrected chi connectivity index (χ2v) is 9.33. The molecule has 1 atom stereocenters. The maximum absolute atomic E-state index is 13.1. The number of aromatic nitrogens is 1. The van der Waals surface area contributed by atoms with E-state index in [0.717, 1.165) is 37.5 Å². The summed E-state index contributed by atoms with van der Waals surface area (Å²) in [6, 6.07) is 2.46. The molecule has 25 heavy (non-hydrogen) atoms. The largest absolute Gasteiger partial charge is 0.348 e. The van der Waals surface area contributed by atoms with Gasteiger partial charge in [0.2, 0.25) is 0 Å². The van der Waals surface area contributed by atoms with Crippen molar-refractivity contribution in [3.63, 3.8) is 0 Å². The van der Waals surface area contributed by atoms with Crippen molar-refractivity contribution in [2.24, 2.45) is 11.8 Å². The minimum Gasteiger partial charge on any atom is -0.348 e. The van der Waals surface area contributed by atoms with Gasteiger partial charge in [-0.3, -0.25) is 9.69 Å². The fourth-order valence-corrected chi connectivity index (χ4v) is 3.86. The zero-order valence-corrected chi connectivity index (χ0v) is 16.7. The first kappa shape index (κ1) is 18.5. The Kier molecular flexibility index (Phi) is 5.29. The van der Waals surface area contributed by atoms with Gasteiger partial charge in [0.15, 0.2) is 0 Å². The minimum atomic E-state index is 0.0127. The van der Waals surface area contributed by atoms with Crippen LogP contribution in [0, 0.1) is 11.8 Å². The van der Waals surface area contributed by atoms with E-state index >= 15 is 0 Å². The van der Waals surface area contributed by atoms with Crippen LogP contribution in [0.4, 0.5) is 0 Å². The molecule has 0 radical (unpaired) electrons. The molecule has 0 spiro atoms. The molecule has 1 saturated carbocycles. The van der Waals surface area contributed by atoms with Crippen molar-refractivity contribution in [3.05, 3.63) is 24.0 Å². The zero-order chi connectivity index (χ0) is 18.2. The van der Waals surface area contributed by atoms with Crippen molar-refractivity contribution in [2.75, 3.05) is 26.2 Å². The van der Waals surface area contributed by atoms with E-state index in [1.165, 1.54) is 19.4 Å². The Labute approximate surface area is 153 Å². The smallest absolute Gasteiger partial charge is 0.255 e. The molecule has 0 unspecified atom stereocenters. The summed E-state index contributed by atoms with van der Waals surface area (Å²) in [7, 11) is 0. The number of carbonyl (C=O) groups is 1. The SMILES string of the molecule is CC(C)[C@H]1CN(C(=O)c2ccn(C(C)(C)C)c2)CCCN1CC1CC1. The normalized spacial score (nSPS) is 23.1. The fraction of sp³-hybridized carbons (Fsp3) is 0.762. The van der Waals surface area contributed by atoms with Crippen LogP contribution in [0.1, 0.15) is 64.2 Å². The second-order valence-electron chi connectivity index (χ2n) is 9.33. The lowest BCUT2D eigenvalue weighted by molar-refractivity contribution is 0.0704. The molecule has 1 aliphatic carbocycles. The fourth-order valence-electron chi connectivity index (χ4n) is 3.86. The molecule has 3 rings (SSSR count). The lowest BCUT2D eigenvalue weighted by Gasteiger charge is -2.34. The monoisotopic (exact) mass is 345 g/mol. The standard InChI is InChI=1S/C21H35N3O/c1-16(2)19-15-23(11-6-10-22(19)13-17-7-8-17)20(25)18-9-12-24(14-18)21(3,4)5/h9,12,14,16-17,19H,6-8,10-11,13,15H2,1-5H3/t19-/m1/s1. The zero-order valence-electron chi connectivity index (χ0n) is 16.7. The van der Waals surface area contributed by atoms with Crippen molar-refractivity contribution >= 4 is 5.91 Å². The molecule has 1 aliphatic heterocycles. The van der Waals surface area contributed by atoms with Crippen molar-refractivity contribution in [3.8, 4) is 0 Å². The number of nitrogens with zero attached hydrogens (tertiary/aromatic N) is 3. The number of carbonyl (C=O) groups excluding carboxylic acids is 1. The van der Waals surface area contributed by atoms with E-state index in [-0.39, 0.29) is 11.4 Å². The Morgan fingerprint density at radius 1 is 1.24 bits per heavy atom. The Morgan fingerprint density at radius 2 is 1.96 bits per heavy atom. The number of hydrogen-bond acceptors (Lipinski definition) is 2. The van der Waals surface area contributed by atoms with E-state index in [9.17, 15) is 4.79 Å². The second kappa shape index (κ2) is 7.14. The molecule has 4 heteroatoms. The molecule has 140 valence electrons. The summed E-state index contributed by atoms with van der Waals surface area (Å²) in [6.07, 6.45) is 7.92. The molecule has 2 fully saturated rings. The van der Waals surface area contributed by atoms with Crippen LogP contribution in [0.25, 0.3) is 0 Å². The van der Waals surface area contributed by atoms with Crippen molar-refractivity contribution in [1.29, 1.82) is 0 Å². The van der Waals surface area contributed by atoms with Crippen LogP contribution in [0.15, 0.2) is 18.5 Å². The summed E-state index contributed by atoms with van der Waals surface area (Å²) >= 11 is 0. The van der Waals surface area contributed by atoms with Gasteiger partial charge in [-0.05, 0) is 57.9 Å². The molecule has 4 nitrogen and oxygen atoms in total. The molecule has 0 N–H and O–H groups in total. The van der Waals surface area contributed by atoms with Crippen LogP contribution < -0.4 is 0 Å². The lowest BCUT2D eigenvalue weighted by Crippen LogP contribution is -2.46. The van der Waals surface area contributed by atoms with Gasteiger partial charge in [-0.2, -0.15) is 0 Å². The summed E-state index contributed by atoms with van der Waals surface area (Å²) in [4.78, 5) is 17.9. The van der Waals surface area contributed by atoms with Crippen LogP contribution in [0.3, 0.4) is 0 Å². The number of hydrogen-bond donors (Lipinski definition) is 0. The van der Waals surface area contributed by atoms with E-state index in [4.69, 9.17) is 0 Å². The molecule has 1 saturated heterocycles. The number of amides is 1. The quantitative estimate of drug-likeness (QED) is 0.830. The number of rotatable bonds is 4. The first-order valence-corrected chi connectivity index (χ1v) is 9.97. The highest BCUT2D eigenvalue weighted by Gasteiger charge is 2.33.